The van der Waals surface area contributed by atoms with Crippen molar-refractivity contribution < 1.29 is 9.72 Å². The first-order valence-corrected chi connectivity index (χ1v) is 4.20. The Morgan fingerprint density at radius 3 is 3.00 bits per heavy atom. The number of nitrogens with zero attached hydrogens (tertiary/aromatic N) is 1. The smallest absolute Gasteiger partial charge is 0.292 e. The zero-order valence-electron chi connectivity index (χ0n) is 7.27. The Balaban J connectivity index is 2.55. The number of fused-ring (bicyclic) bond motifs is 1. The van der Waals surface area contributed by atoms with Crippen LogP contribution in [0.2, 0.25) is 0 Å². The van der Waals surface area contributed by atoms with Gasteiger partial charge in [0.15, 0.2) is 0 Å². The van der Waals surface area contributed by atoms with Crippen molar-refractivity contribution in [3.05, 3.63) is 33.9 Å². The van der Waals surface area contributed by atoms with Crippen LogP contribution >= 0.6 is 0 Å². The lowest BCUT2D eigenvalue weighted by atomic mass is 10.0. The van der Waals surface area contributed by atoms with Crippen molar-refractivity contribution >= 4 is 17.7 Å². The third-order valence-electron chi connectivity index (χ3n) is 2.33. The molecule has 0 aliphatic carbocycles. The van der Waals surface area contributed by atoms with Gasteiger partial charge in [0.1, 0.15) is 12.0 Å². The van der Waals surface area contributed by atoms with Crippen LogP contribution in [0.3, 0.4) is 0 Å². The summed E-state index contributed by atoms with van der Waals surface area (Å²) in [6.07, 6.45) is 0.808. The molecule has 1 aliphatic heterocycles. The zero-order valence-corrected chi connectivity index (χ0v) is 7.27. The van der Waals surface area contributed by atoms with Gasteiger partial charge >= 0.3 is 0 Å². The lowest BCUT2D eigenvalue weighted by Crippen LogP contribution is -2.02. The summed E-state index contributed by atoms with van der Waals surface area (Å²) in [6.45, 7) is 0.448. The molecule has 1 aliphatic rings. The van der Waals surface area contributed by atoms with E-state index in [4.69, 9.17) is 0 Å². The Kier molecular flexibility index (Phi) is 1.92. The molecular formula is C9H8N2O3. The first kappa shape index (κ1) is 8.68. The molecule has 0 saturated heterocycles. The minimum absolute atomic E-state index is 0.0341. The van der Waals surface area contributed by atoms with Gasteiger partial charge in [-0.05, 0) is 5.56 Å². The summed E-state index contributed by atoms with van der Waals surface area (Å²) in [5, 5.41) is 13.5. The van der Waals surface area contributed by atoms with E-state index in [1.165, 1.54) is 6.07 Å². The van der Waals surface area contributed by atoms with Crippen LogP contribution in [0.5, 0.6) is 0 Å². The molecule has 0 fully saturated rings. The van der Waals surface area contributed by atoms with Crippen LogP contribution in [0.25, 0.3) is 0 Å². The highest BCUT2D eigenvalue weighted by Crippen LogP contribution is 2.37. The number of hydrogen-bond acceptors (Lipinski definition) is 4. The number of benzene rings is 1. The SMILES string of the molecule is O=C[C@H]1CNc2c1cccc2[N+](=O)[O-]. The second-order valence-corrected chi connectivity index (χ2v) is 3.12. The van der Waals surface area contributed by atoms with Crippen molar-refractivity contribution in [3.63, 3.8) is 0 Å². The molecule has 0 unspecified atom stereocenters. The first-order chi connectivity index (χ1) is 6.74. The largest absolute Gasteiger partial charge is 0.378 e. The molecule has 0 bridgehead atoms. The van der Waals surface area contributed by atoms with Crippen LogP contribution in [-0.4, -0.2) is 17.8 Å². The van der Waals surface area contributed by atoms with E-state index >= 15 is 0 Å². The van der Waals surface area contributed by atoms with Gasteiger partial charge in [-0.2, -0.15) is 0 Å². The highest BCUT2D eigenvalue weighted by molar-refractivity contribution is 5.78. The Hall–Kier alpha value is -1.91. The predicted octanol–water partition coefficient (Wildman–Crippen LogP) is 1.30. The van der Waals surface area contributed by atoms with E-state index in [0.717, 1.165) is 6.29 Å². The second-order valence-electron chi connectivity index (χ2n) is 3.12. The molecular weight excluding hydrogens is 184 g/mol. The number of nitro groups is 1. The Morgan fingerprint density at radius 2 is 2.36 bits per heavy atom. The van der Waals surface area contributed by atoms with Gasteiger partial charge < -0.3 is 10.1 Å². The van der Waals surface area contributed by atoms with E-state index in [2.05, 4.69) is 5.32 Å². The van der Waals surface area contributed by atoms with Crippen LogP contribution in [0.15, 0.2) is 18.2 Å². The quantitative estimate of drug-likeness (QED) is 0.435. The molecule has 0 radical (unpaired) electrons. The Morgan fingerprint density at radius 1 is 1.57 bits per heavy atom. The summed E-state index contributed by atoms with van der Waals surface area (Å²) in [6, 6.07) is 4.76. The number of aldehydes is 1. The number of anilines is 1. The lowest BCUT2D eigenvalue weighted by molar-refractivity contribution is -0.383. The van der Waals surface area contributed by atoms with Crippen molar-refractivity contribution in [2.75, 3.05) is 11.9 Å². The molecule has 1 aromatic carbocycles. The highest BCUT2D eigenvalue weighted by atomic mass is 16.6. The zero-order chi connectivity index (χ0) is 10.1. The van der Waals surface area contributed by atoms with E-state index in [1.807, 2.05) is 0 Å². The van der Waals surface area contributed by atoms with Gasteiger partial charge in [-0.15, -0.1) is 0 Å². The van der Waals surface area contributed by atoms with Crippen LogP contribution in [0, 0.1) is 10.1 Å². The molecule has 0 amide bonds. The third-order valence-corrected chi connectivity index (χ3v) is 2.33. The topological polar surface area (TPSA) is 72.2 Å². The Bertz CT molecular complexity index is 403. The maximum Gasteiger partial charge on any atom is 0.292 e. The molecule has 1 aromatic rings. The van der Waals surface area contributed by atoms with Crippen molar-refractivity contribution in [2.24, 2.45) is 0 Å². The average molecular weight is 192 g/mol. The predicted molar refractivity (Wildman–Crippen MR) is 50.4 cm³/mol. The van der Waals surface area contributed by atoms with E-state index in [9.17, 15) is 14.9 Å². The minimum atomic E-state index is -0.445. The molecule has 14 heavy (non-hydrogen) atoms. The summed E-state index contributed by atoms with van der Waals surface area (Å²) < 4.78 is 0. The number of carbonyl (C=O) groups excluding carboxylic acids is 1. The van der Waals surface area contributed by atoms with Gasteiger partial charge in [-0.3, -0.25) is 10.1 Å². The Labute approximate surface area is 79.9 Å². The van der Waals surface area contributed by atoms with Gasteiger partial charge in [0, 0.05) is 12.6 Å². The van der Waals surface area contributed by atoms with Crippen molar-refractivity contribution in [1.29, 1.82) is 0 Å². The van der Waals surface area contributed by atoms with Gasteiger partial charge in [0.05, 0.1) is 10.8 Å². The number of carbonyl (C=O) groups is 1. The number of para-hydroxylation sites is 1. The van der Waals surface area contributed by atoms with Crippen LogP contribution < -0.4 is 5.32 Å². The van der Waals surface area contributed by atoms with Crippen molar-refractivity contribution in [1.82, 2.24) is 0 Å². The number of nitro benzene ring substituents is 1. The maximum absolute atomic E-state index is 10.6. The second kappa shape index (κ2) is 3.10. The molecule has 1 N–H and O–H groups in total. The molecule has 5 heteroatoms. The summed E-state index contributed by atoms with van der Waals surface area (Å²) in [5.41, 5.74) is 1.23. The fraction of sp³-hybridized carbons (Fsp3) is 0.222. The summed E-state index contributed by atoms with van der Waals surface area (Å²) in [5.74, 6) is -0.259. The minimum Gasteiger partial charge on any atom is -0.378 e. The number of nitrogens with one attached hydrogen (secondary N) is 1. The van der Waals surface area contributed by atoms with Crippen molar-refractivity contribution in [2.45, 2.75) is 5.92 Å². The molecule has 1 heterocycles. The molecule has 72 valence electrons. The molecule has 0 aromatic heterocycles. The maximum atomic E-state index is 10.6. The van der Waals surface area contributed by atoms with Crippen LogP contribution in [-0.2, 0) is 4.79 Å². The van der Waals surface area contributed by atoms with Crippen LogP contribution in [0.4, 0.5) is 11.4 Å². The summed E-state index contributed by atoms with van der Waals surface area (Å²) in [4.78, 5) is 20.8. The van der Waals surface area contributed by atoms with E-state index < -0.39 is 4.92 Å². The van der Waals surface area contributed by atoms with E-state index in [1.54, 1.807) is 12.1 Å². The highest BCUT2D eigenvalue weighted by Gasteiger charge is 2.27. The summed E-state index contributed by atoms with van der Waals surface area (Å²) >= 11 is 0. The van der Waals surface area contributed by atoms with E-state index in [0.29, 0.717) is 17.8 Å². The fourth-order valence-corrected chi connectivity index (χ4v) is 1.65. The average Bonchev–Trinajstić information content (AvgIpc) is 2.59. The van der Waals surface area contributed by atoms with Gasteiger partial charge in [0.25, 0.3) is 5.69 Å². The number of hydrogen-bond donors (Lipinski definition) is 1. The van der Waals surface area contributed by atoms with Crippen molar-refractivity contribution in [3.8, 4) is 0 Å². The summed E-state index contributed by atoms with van der Waals surface area (Å²) in [7, 11) is 0. The third kappa shape index (κ3) is 1.14. The monoisotopic (exact) mass is 192 g/mol. The molecule has 5 nitrogen and oxygen atoms in total. The molecule has 0 saturated carbocycles. The standard InChI is InChI=1S/C9H8N2O3/c12-5-6-4-10-9-7(6)2-1-3-8(9)11(13)14/h1-3,5-6,10H,4H2/t6-/m1/s1. The molecule has 0 spiro atoms. The molecule has 1 atom stereocenters. The fourth-order valence-electron chi connectivity index (χ4n) is 1.65. The number of rotatable bonds is 2. The van der Waals surface area contributed by atoms with Gasteiger partial charge in [-0.1, -0.05) is 12.1 Å². The normalized spacial score (nSPS) is 18.4. The molecule has 2 rings (SSSR count). The first-order valence-electron chi connectivity index (χ1n) is 4.20. The van der Waals surface area contributed by atoms with Crippen LogP contribution in [0.1, 0.15) is 11.5 Å². The van der Waals surface area contributed by atoms with Gasteiger partial charge in [0.2, 0.25) is 0 Å². The lowest BCUT2D eigenvalue weighted by Gasteiger charge is -2.00. The van der Waals surface area contributed by atoms with E-state index in [-0.39, 0.29) is 11.6 Å². The van der Waals surface area contributed by atoms with Gasteiger partial charge in [-0.25, -0.2) is 0 Å².